The molecule has 0 atom stereocenters. The van der Waals surface area contributed by atoms with Crippen molar-refractivity contribution in [2.75, 3.05) is 145 Å². The van der Waals surface area contributed by atoms with Gasteiger partial charge >= 0.3 is 5.97 Å². The van der Waals surface area contributed by atoms with Gasteiger partial charge in [-0.05, 0) is 27.7 Å². The largest absolute Gasteiger partial charge is 0.460 e. The number of rotatable bonds is 34. The minimum atomic E-state index is -0.473. The molecule has 44 heavy (non-hydrogen) atoms. The molecule has 0 aliphatic rings. The summed E-state index contributed by atoms with van der Waals surface area (Å²) in [5, 5.41) is 0. The maximum Gasteiger partial charge on any atom is 0.308 e. The number of carbonyl (C=O) groups is 1. The van der Waals surface area contributed by atoms with Gasteiger partial charge in [0.1, 0.15) is 5.60 Å². The molecular weight excluding hydrogens is 580 g/mol. The summed E-state index contributed by atoms with van der Waals surface area (Å²) in [6, 6.07) is 2.60. The maximum absolute atomic E-state index is 11.6. The number of carbonyl (C=O) groups excluding carboxylic acids is 1. The normalized spacial score (nSPS) is 11.5. The topological polar surface area (TPSA) is 143 Å². The molecule has 0 aromatic rings. The van der Waals surface area contributed by atoms with Gasteiger partial charge < -0.3 is 52.1 Å². The van der Waals surface area contributed by atoms with Gasteiger partial charge in [0, 0.05) is 6.54 Å². The van der Waals surface area contributed by atoms with Crippen molar-refractivity contribution < 1.29 is 56.9 Å². The number of hydrogen-bond donors (Lipinski definition) is 0. The molecule has 0 aliphatic heterocycles. The number of hydrogen-bond acceptors (Lipinski definition) is 14. The van der Waals surface area contributed by atoms with Crippen LogP contribution < -0.4 is 0 Å². The van der Waals surface area contributed by atoms with Gasteiger partial charge in [-0.3, -0.25) is 4.79 Å². The van der Waals surface area contributed by atoms with Crippen LogP contribution in [-0.4, -0.2) is 163 Å². The number of esters is 1. The quantitative estimate of drug-likeness (QED) is 0.0578. The second-order valence-corrected chi connectivity index (χ2v) is 9.92. The molecule has 0 bridgehead atoms. The number of aliphatic imine (C=N–C) groups is 2. The zero-order chi connectivity index (χ0) is 32.2. The summed E-state index contributed by atoms with van der Waals surface area (Å²) in [4.78, 5) is 19.4. The van der Waals surface area contributed by atoms with Crippen LogP contribution in [0.3, 0.4) is 0 Å². The van der Waals surface area contributed by atoms with E-state index in [-0.39, 0.29) is 12.4 Å². The smallest absolute Gasteiger partial charge is 0.308 e. The molecule has 0 saturated carbocycles. The van der Waals surface area contributed by atoms with Crippen molar-refractivity contribution in [3.05, 3.63) is 0 Å². The average molecular weight is 639 g/mol. The second kappa shape index (κ2) is 34.3. The Labute approximate surface area is 264 Å². The Morgan fingerprint density at radius 2 is 0.773 bits per heavy atom. The predicted molar refractivity (Wildman–Crippen MR) is 164 cm³/mol. The molecule has 0 fully saturated rings. The van der Waals surface area contributed by atoms with Crippen LogP contribution in [0.5, 0.6) is 0 Å². The Balaban J connectivity index is 3.11. The Morgan fingerprint density at radius 3 is 1.07 bits per heavy atom. The van der Waals surface area contributed by atoms with E-state index in [1.165, 1.54) is 0 Å². The van der Waals surface area contributed by atoms with Crippen LogP contribution in [0.15, 0.2) is 9.98 Å². The SMILES string of the molecule is CCN=C=NCCOCCOCCOCCOCCOCCOCCOCCOCCOCCOCCC(=O)OC(C)(C)C. The predicted octanol–water partition coefficient (Wildman–Crippen LogP) is 2.08. The standard InChI is InChI=1S/C30H58N2O12/c1-5-31-28-32-7-9-35-11-13-37-15-17-39-19-21-41-23-25-43-27-26-42-24-22-40-20-18-38-16-14-36-12-10-34-8-6-29(33)44-30(2,3)4/h5-27H2,1-4H3. The van der Waals surface area contributed by atoms with Crippen molar-refractivity contribution >= 4 is 12.0 Å². The first kappa shape index (κ1) is 42.5. The Morgan fingerprint density at radius 1 is 0.477 bits per heavy atom. The van der Waals surface area contributed by atoms with Crippen LogP contribution in [0.25, 0.3) is 0 Å². The lowest BCUT2D eigenvalue weighted by molar-refractivity contribution is -0.156. The number of ether oxygens (including phenoxy) is 11. The van der Waals surface area contributed by atoms with Crippen molar-refractivity contribution in [2.24, 2.45) is 9.98 Å². The Hall–Kier alpha value is -1.55. The van der Waals surface area contributed by atoms with Crippen LogP contribution in [-0.2, 0) is 56.9 Å². The summed E-state index contributed by atoms with van der Waals surface area (Å²) >= 11 is 0. The van der Waals surface area contributed by atoms with Gasteiger partial charge in [0.25, 0.3) is 0 Å². The lowest BCUT2D eigenvalue weighted by Crippen LogP contribution is -2.24. The van der Waals surface area contributed by atoms with E-state index in [1.54, 1.807) is 0 Å². The molecule has 0 amide bonds. The molecule has 14 nitrogen and oxygen atoms in total. The fourth-order valence-corrected chi connectivity index (χ4v) is 2.91. The van der Waals surface area contributed by atoms with Gasteiger partial charge in [0.15, 0.2) is 0 Å². The van der Waals surface area contributed by atoms with E-state index < -0.39 is 5.60 Å². The highest BCUT2D eigenvalue weighted by Crippen LogP contribution is 2.08. The van der Waals surface area contributed by atoms with Crippen molar-refractivity contribution in [1.82, 2.24) is 0 Å². The first-order chi connectivity index (χ1) is 21.5. The first-order valence-electron chi connectivity index (χ1n) is 15.5. The molecule has 260 valence electrons. The van der Waals surface area contributed by atoms with Crippen LogP contribution >= 0.6 is 0 Å². The minimum Gasteiger partial charge on any atom is -0.460 e. The fraction of sp³-hybridized carbons (Fsp3) is 0.933. The van der Waals surface area contributed by atoms with Crippen LogP contribution in [0.2, 0.25) is 0 Å². The van der Waals surface area contributed by atoms with Crippen LogP contribution in [0, 0.1) is 0 Å². The van der Waals surface area contributed by atoms with E-state index in [4.69, 9.17) is 52.1 Å². The first-order valence-corrected chi connectivity index (χ1v) is 15.5. The highest BCUT2D eigenvalue weighted by Gasteiger charge is 2.15. The summed E-state index contributed by atoms with van der Waals surface area (Å²) in [5.74, 6) is -0.265. The van der Waals surface area contributed by atoms with Gasteiger partial charge in [-0.1, -0.05) is 0 Å². The molecule has 0 heterocycles. The van der Waals surface area contributed by atoms with Gasteiger partial charge in [0.2, 0.25) is 0 Å². The summed E-state index contributed by atoms with van der Waals surface area (Å²) in [6.45, 7) is 18.4. The molecular formula is C30H58N2O12. The monoisotopic (exact) mass is 638 g/mol. The highest BCUT2D eigenvalue weighted by atomic mass is 16.6. The van der Waals surface area contributed by atoms with Gasteiger partial charge in [0.05, 0.1) is 151 Å². The van der Waals surface area contributed by atoms with Gasteiger partial charge in [-0.15, -0.1) is 0 Å². The molecule has 0 aromatic heterocycles. The lowest BCUT2D eigenvalue weighted by atomic mass is 10.2. The van der Waals surface area contributed by atoms with E-state index in [1.807, 2.05) is 27.7 Å². The summed E-state index contributed by atoms with van der Waals surface area (Å²) in [6.07, 6.45) is 0.232. The third kappa shape index (κ3) is 38.5. The Kier molecular flexibility index (Phi) is 33.1. The summed E-state index contributed by atoms with van der Waals surface area (Å²) < 4.78 is 59.5. The fourth-order valence-electron chi connectivity index (χ4n) is 2.91. The van der Waals surface area contributed by atoms with Crippen molar-refractivity contribution in [3.8, 4) is 0 Å². The summed E-state index contributed by atoms with van der Waals surface area (Å²) in [7, 11) is 0. The third-order valence-corrected chi connectivity index (χ3v) is 4.87. The molecule has 0 saturated heterocycles. The molecule has 0 N–H and O–H groups in total. The molecule has 0 spiro atoms. The average Bonchev–Trinajstić information content (AvgIpc) is 2.98. The van der Waals surface area contributed by atoms with Gasteiger partial charge in [-0.25, -0.2) is 9.98 Å². The molecule has 0 rings (SSSR count). The zero-order valence-corrected chi connectivity index (χ0v) is 27.6. The van der Waals surface area contributed by atoms with Crippen LogP contribution in [0.4, 0.5) is 0 Å². The van der Waals surface area contributed by atoms with Crippen molar-refractivity contribution in [1.29, 1.82) is 0 Å². The van der Waals surface area contributed by atoms with Crippen LogP contribution in [0.1, 0.15) is 34.1 Å². The summed E-state index contributed by atoms with van der Waals surface area (Å²) in [5.41, 5.74) is -0.473. The zero-order valence-electron chi connectivity index (χ0n) is 27.6. The van der Waals surface area contributed by atoms with E-state index >= 15 is 0 Å². The maximum atomic E-state index is 11.6. The van der Waals surface area contributed by atoms with E-state index in [2.05, 4.69) is 16.0 Å². The minimum absolute atomic E-state index is 0.232. The molecule has 0 aromatic carbocycles. The Bertz CT molecular complexity index is 673. The second-order valence-electron chi connectivity index (χ2n) is 9.92. The van der Waals surface area contributed by atoms with Crippen molar-refractivity contribution in [2.45, 2.75) is 39.7 Å². The number of nitrogens with zero attached hydrogens (tertiary/aromatic N) is 2. The molecule has 0 radical (unpaired) electrons. The lowest BCUT2D eigenvalue weighted by Gasteiger charge is -2.19. The van der Waals surface area contributed by atoms with E-state index in [0.29, 0.717) is 145 Å². The van der Waals surface area contributed by atoms with Gasteiger partial charge in [-0.2, -0.15) is 0 Å². The molecule has 14 heteroatoms. The van der Waals surface area contributed by atoms with E-state index in [0.717, 1.165) is 0 Å². The van der Waals surface area contributed by atoms with Crippen molar-refractivity contribution in [3.63, 3.8) is 0 Å². The third-order valence-electron chi connectivity index (χ3n) is 4.87. The molecule has 0 aliphatic carbocycles. The molecule has 0 unspecified atom stereocenters. The highest BCUT2D eigenvalue weighted by molar-refractivity contribution is 5.69. The van der Waals surface area contributed by atoms with E-state index in [9.17, 15) is 4.79 Å².